The van der Waals surface area contributed by atoms with E-state index in [0.29, 0.717) is 35.9 Å². The van der Waals surface area contributed by atoms with Crippen LogP contribution in [0.3, 0.4) is 0 Å². The molecule has 0 N–H and O–H groups in total. The van der Waals surface area contributed by atoms with E-state index >= 15 is 0 Å². The number of carbonyl (C=O) groups excluding carboxylic acids is 2. The largest absolute Gasteiger partial charge is 0.490 e. The third-order valence-corrected chi connectivity index (χ3v) is 4.96. The van der Waals surface area contributed by atoms with Gasteiger partial charge in [-0.05, 0) is 55.5 Å². The molecule has 0 bridgehead atoms. The molecule has 1 aromatic rings. The molecule has 1 heterocycles. The summed E-state index contributed by atoms with van der Waals surface area (Å²) in [6.07, 6.45) is 4.91. The first-order valence-electron chi connectivity index (χ1n) is 10.9. The maximum absolute atomic E-state index is 13.1. The van der Waals surface area contributed by atoms with Crippen LogP contribution in [0.1, 0.15) is 59.4 Å². The molecule has 0 aromatic heterocycles. The molecule has 0 fully saturated rings. The molecule has 2 amide bonds. The Hall–Kier alpha value is -3.07. The Balaban J connectivity index is 2.42. The molecule has 1 aromatic carbocycles. The highest BCUT2D eigenvalue weighted by Crippen LogP contribution is 2.32. The zero-order valence-electron chi connectivity index (χ0n) is 19.2. The molecule has 1 aliphatic rings. The average molecular weight is 425 g/mol. The average Bonchev–Trinajstić information content (AvgIpc) is 2.73. The van der Waals surface area contributed by atoms with E-state index in [-0.39, 0.29) is 23.9 Å². The van der Waals surface area contributed by atoms with Gasteiger partial charge in [0.05, 0.1) is 13.2 Å². The number of amides is 2. The topological polar surface area (TPSA) is 79.6 Å². The Morgan fingerprint density at radius 1 is 1.10 bits per heavy atom. The van der Waals surface area contributed by atoms with Crippen molar-refractivity contribution in [3.05, 3.63) is 40.5 Å². The van der Waals surface area contributed by atoms with Crippen LogP contribution >= 0.6 is 0 Å². The van der Waals surface area contributed by atoms with Crippen LogP contribution in [0, 0.1) is 17.2 Å². The van der Waals surface area contributed by atoms with Gasteiger partial charge in [0.2, 0.25) is 0 Å². The Bertz CT molecular complexity index is 922. The van der Waals surface area contributed by atoms with Crippen molar-refractivity contribution in [2.45, 2.75) is 53.9 Å². The molecule has 1 aliphatic heterocycles. The van der Waals surface area contributed by atoms with Crippen LogP contribution in [-0.4, -0.2) is 36.5 Å². The molecule has 0 saturated carbocycles. The van der Waals surface area contributed by atoms with E-state index in [1.165, 1.54) is 0 Å². The summed E-state index contributed by atoms with van der Waals surface area (Å²) in [7, 11) is 0. The SMILES string of the molecule is CCCCCOc1ccc(/C=C2/C(=O)N(CC(C)C)C(=O)C(C#N)=C2C)cc1OCC. The third-order valence-electron chi connectivity index (χ3n) is 4.96. The third kappa shape index (κ3) is 5.97. The molecular formula is C25H32N2O4. The summed E-state index contributed by atoms with van der Waals surface area (Å²) in [5.41, 5.74) is 1.49. The Kier molecular flexibility index (Phi) is 8.87. The van der Waals surface area contributed by atoms with Crippen LogP contribution in [0.15, 0.2) is 34.9 Å². The quantitative estimate of drug-likeness (QED) is 0.303. The maximum atomic E-state index is 13.1. The summed E-state index contributed by atoms with van der Waals surface area (Å²) in [6, 6.07) is 7.47. The van der Waals surface area contributed by atoms with Gasteiger partial charge in [-0.25, -0.2) is 0 Å². The number of unbranched alkanes of at least 4 members (excludes halogenated alkanes) is 2. The molecule has 0 atom stereocenters. The smallest absolute Gasteiger partial charge is 0.271 e. The highest BCUT2D eigenvalue weighted by Gasteiger charge is 2.35. The monoisotopic (exact) mass is 424 g/mol. The van der Waals surface area contributed by atoms with Gasteiger partial charge in [0.1, 0.15) is 11.6 Å². The lowest BCUT2D eigenvalue weighted by Gasteiger charge is -2.28. The number of carbonyl (C=O) groups is 2. The fraction of sp³-hybridized carbons (Fsp3) is 0.480. The number of rotatable bonds is 10. The van der Waals surface area contributed by atoms with Gasteiger partial charge < -0.3 is 9.47 Å². The van der Waals surface area contributed by atoms with Gasteiger partial charge >= 0.3 is 0 Å². The van der Waals surface area contributed by atoms with Crippen LogP contribution in [0.5, 0.6) is 11.5 Å². The molecular weight excluding hydrogens is 392 g/mol. The van der Waals surface area contributed by atoms with Crippen LogP contribution < -0.4 is 9.47 Å². The number of nitriles is 1. The number of imide groups is 1. The number of ether oxygens (including phenoxy) is 2. The van der Waals surface area contributed by atoms with E-state index in [1.807, 2.05) is 45.0 Å². The second-order valence-corrected chi connectivity index (χ2v) is 7.98. The van der Waals surface area contributed by atoms with Crippen molar-refractivity contribution < 1.29 is 19.1 Å². The lowest BCUT2D eigenvalue weighted by Crippen LogP contribution is -2.44. The van der Waals surface area contributed by atoms with Crippen molar-refractivity contribution in [1.29, 1.82) is 5.26 Å². The van der Waals surface area contributed by atoms with Gasteiger partial charge in [-0.1, -0.05) is 39.7 Å². The van der Waals surface area contributed by atoms with Gasteiger partial charge in [-0.15, -0.1) is 0 Å². The number of hydrogen-bond acceptors (Lipinski definition) is 5. The number of nitrogens with zero attached hydrogens (tertiary/aromatic N) is 2. The highest BCUT2D eigenvalue weighted by atomic mass is 16.5. The first-order chi connectivity index (χ1) is 14.8. The van der Waals surface area contributed by atoms with E-state index in [4.69, 9.17) is 9.47 Å². The van der Waals surface area contributed by atoms with Crippen LogP contribution in [-0.2, 0) is 9.59 Å². The molecule has 0 radical (unpaired) electrons. The normalized spacial score (nSPS) is 15.6. The van der Waals surface area contributed by atoms with E-state index in [1.54, 1.807) is 13.0 Å². The van der Waals surface area contributed by atoms with Gasteiger partial charge in [-0.3, -0.25) is 14.5 Å². The molecule has 0 spiro atoms. The van der Waals surface area contributed by atoms with Crippen LogP contribution in [0.4, 0.5) is 0 Å². The maximum Gasteiger partial charge on any atom is 0.271 e. The second kappa shape index (κ2) is 11.4. The standard InChI is InChI=1S/C25H32N2O4/c1-6-8-9-12-31-22-11-10-19(14-23(22)30-7-2)13-20-18(5)21(15-26)25(29)27(24(20)28)16-17(3)4/h10-11,13-14,17H,6-9,12,16H2,1-5H3/b20-13+. The zero-order valence-corrected chi connectivity index (χ0v) is 19.2. The molecule has 31 heavy (non-hydrogen) atoms. The summed E-state index contributed by atoms with van der Waals surface area (Å²) >= 11 is 0. The Morgan fingerprint density at radius 3 is 2.45 bits per heavy atom. The molecule has 0 saturated heterocycles. The summed E-state index contributed by atoms with van der Waals surface area (Å²) in [4.78, 5) is 26.8. The molecule has 0 unspecified atom stereocenters. The minimum atomic E-state index is -0.526. The van der Waals surface area contributed by atoms with E-state index in [2.05, 4.69) is 6.92 Å². The predicted molar refractivity (Wildman–Crippen MR) is 120 cm³/mol. The fourth-order valence-corrected chi connectivity index (χ4v) is 3.36. The Morgan fingerprint density at radius 2 is 1.84 bits per heavy atom. The van der Waals surface area contributed by atoms with Crippen LogP contribution in [0.25, 0.3) is 6.08 Å². The van der Waals surface area contributed by atoms with E-state index in [0.717, 1.165) is 29.7 Å². The minimum Gasteiger partial charge on any atom is -0.490 e. The van der Waals surface area contributed by atoms with Crippen LogP contribution in [0.2, 0.25) is 0 Å². The van der Waals surface area contributed by atoms with Gasteiger partial charge in [-0.2, -0.15) is 5.26 Å². The fourth-order valence-electron chi connectivity index (χ4n) is 3.36. The van der Waals surface area contributed by atoms with Gasteiger partial charge in [0, 0.05) is 12.1 Å². The van der Waals surface area contributed by atoms with E-state index < -0.39 is 5.91 Å². The predicted octanol–water partition coefficient (Wildman–Crippen LogP) is 4.90. The Labute approximate surface area is 185 Å². The van der Waals surface area contributed by atoms with Gasteiger partial charge in [0.15, 0.2) is 11.5 Å². The lowest BCUT2D eigenvalue weighted by molar-refractivity contribution is -0.141. The van der Waals surface area contributed by atoms with Crippen molar-refractivity contribution in [2.24, 2.45) is 5.92 Å². The summed E-state index contributed by atoms with van der Waals surface area (Å²) in [5, 5.41) is 9.49. The number of benzene rings is 1. The van der Waals surface area contributed by atoms with Crippen molar-refractivity contribution >= 4 is 17.9 Å². The lowest BCUT2D eigenvalue weighted by atomic mass is 9.93. The van der Waals surface area contributed by atoms with Crippen molar-refractivity contribution in [3.63, 3.8) is 0 Å². The molecule has 6 nitrogen and oxygen atoms in total. The van der Waals surface area contributed by atoms with Crippen molar-refractivity contribution in [1.82, 2.24) is 4.90 Å². The zero-order chi connectivity index (χ0) is 23.0. The van der Waals surface area contributed by atoms with Crippen molar-refractivity contribution in [2.75, 3.05) is 19.8 Å². The highest BCUT2D eigenvalue weighted by molar-refractivity contribution is 6.19. The summed E-state index contributed by atoms with van der Waals surface area (Å²) < 4.78 is 11.6. The molecule has 2 rings (SSSR count). The number of hydrogen-bond donors (Lipinski definition) is 0. The first kappa shape index (κ1) is 24.2. The second-order valence-electron chi connectivity index (χ2n) is 7.98. The van der Waals surface area contributed by atoms with E-state index in [9.17, 15) is 14.9 Å². The summed E-state index contributed by atoms with van der Waals surface area (Å²) in [5.74, 6) is 0.460. The molecule has 6 heteroatoms. The van der Waals surface area contributed by atoms with Gasteiger partial charge in [0.25, 0.3) is 11.8 Å². The summed E-state index contributed by atoms with van der Waals surface area (Å²) in [6.45, 7) is 10.9. The molecule has 0 aliphatic carbocycles. The first-order valence-corrected chi connectivity index (χ1v) is 10.9. The van der Waals surface area contributed by atoms with Crippen molar-refractivity contribution in [3.8, 4) is 17.6 Å². The minimum absolute atomic E-state index is 0.00686. The molecule has 166 valence electrons.